The van der Waals surface area contributed by atoms with E-state index in [-0.39, 0.29) is 12.4 Å². The SMILES string of the molecule is CSc1ccc(/C=C2/C(C)=C(CCN(O)C(C)=O)c3cc(F)ccc32)cc1. The van der Waals surface area contributed by atoms with Crippen molar-refractivity contribution in [3.8, 4) is 0 Å². The fourth-order valence-electron chi connectivity index (χ4n) is 3.32. The van der Waals surface area contributed by atoms with Crippen molar-refractivity contribution in [1.82, 2.24) is 5.06 Å². The van der Waals surface area contributed by atoms with E-state index in [1.54, 1.807) is 17.8 Å². The number of hydrogen-bond donors (Lipinski definition) is 1. The second-order valence-electron chi connectivity index (χ2n) is 6.52. The van der Waals surface area contributed by atoms with Gasteiger partial charge >= 0.3 is 0 Å². The van der Waals surface area contributed by atoms with E-state index in [4.69, 9.17) is 0 Å². The van der Waals surface area contributed by atoms with E-state index < -0.39 is 5.91 Å². The predicted molar refractivity (Wildman–Crippen MR) is 109 cm³/mol. The number of carbonyl (C=O) groups is 1. The van der Waals surface area contributed by atoms with Crippen molar-refractivity contribution in [2.45, 2.75) is 25.2 Å². The summed E-state index contributed by atoms with van der Waals surface area (Å²) in [5.74, 6) is -0.701. The maximum Gasteiger partial charge on any atom is 0.242 e. The monoisotopic (exact) mass is 383 g/mol. The topological polar surface area (TPSA) is 40.5 Å². The molecule has 0 aliphatic heterocycles. The van der Waals surface area contributed by atoms with E-state index in [1.807, 2.05) is 13.2 Å². The van der Waals surface area contributed by atoms with Crippen molar-refractivity contribution in [2.24, 2.45) is 0 Å². The minimum atomic E-state index is -0.407. The third-order valence-corrected chi connectivity index (χ3v) is 5.56. The Morgan fingerprint density at radius 1 is 1.19 bits per heavy atom. The van der Waals surface area contributed by atoms with Crippen LogP contribution < -0.4 is 0 Å². The van der Waals surface area contributed by atoms with Crippen LogP contribution in [-0.2, 0) is 4.79 Å². The van der Waals surface area contributed by atoms with Gasteiger partial charge in [0.2, 0.25) is 5.91 Å². The Morgan fingerprint density at radius 3 is 2.52 bits per heavy atom. The van der Waals surface area contributed by atoms with Crippen LogP contribution in [0.3, 0.4) is 0 Å². The van der Waals surface area contributed by atoms with Crippen LogP contribution in [-0.4, -0.2) is 29.0 Å². The molecule has 0 unspecified atom stereocenters. The van der Waals surface area contributed by atoms with Gasteiger partial charge in [-0.3, -0.25) is 10.0 Å². The standard InChI is InChI=1S/C22H22FNO2S/c1-14-19(10-11-24(26)15(2)25)22-13-17(23)6-9-20(22)21(14)12-16-4-7-18(27-3)8-5-16/h4-9,12-13,26H,10-11H2,1-3H3/b21-12-. The maximum atomic E-state index is 13.9. The maximum absolute atomic E-state index is 13.9. The molecule has 0 saturated heterocycles. The normalized spacial score (nSPS) is 14.6. The average molecular weight is 383 g/mol. The zero-order chi connectivity index (χ0) is 19.6. The van der Waals surface area contributed by atoms with Gasteiger partial charge in [-0.05, 0) is 83.4 Å². The molecule has 0 saturated carbocycles. The fraction of sp³-hybridized carbons (Fsp3) is 0.227. The Kier molecular flexibility index (Phi) is 5.82. The van der Waals surface area contributed by atoms with Crippen LogP contribution in [0, 0.1) is 5.82 Å². The Bertz CT molecular complexity index is 932. The molecule has 2 aromatic rings. The van der Waals surface area contributed by atoms with Crippen molar-refractivity contribution >= 4 is 34.9 Å². The quantitative estimate of drug-likeness (QED) is 0.421. The van der Waals surface area contributed by atoms with Crippen LogP contribution in [0.2, 0.25) is 0 Å². The zero-order valence-electron chi connectivity index (χ0n) is 15.6. The Labute approximate surface area is 163 Å². The van der Waals surface area contributed by atoms with Crippen molar-refractivity contribution in [3.05, 3.63) is 70.5 Å². The third kappa shape index (κ3) is 4.15. The molecule has 0 bridgehead atoms. The van der Waals surface area contributed by atoms with Crippen LogP contribution in [0.25, 0.3) is 17.2 Å². The van der Waals surface area contributed by atoms with Gasteiger partial charge in [0.15, 0.2) is 0 Å². The summed E-state index contributed by atoms with van der Waals surface area (Å²) >= 11 is 1.70. The summed E-state index contributed by atoms with van der Waals surface area (Å²) in [6.07, 6.45) is 4.60. The van der Waals surface area contributed by atoms with Crippen molar-refractivity contribution in [1.29, 1.82) is 0 Å². The predicted octanol–water partition coefficient (Wildman–Crippen LogP) is 5.50. The van der Waals surface area contributed by atoms with E-state index in [9.17, 15) is 14.4 Å². The number of halogens is 1. The molecule has 1 aliphatic carbocycles. The number of nitrogens with zero attached hydrogens (tertiary/aromatic N) is 1. The first-order valence-electron chi connectivity index (χ1n) is 8.74. The molecule has 140 valence electrons. The van der Waals surface area contributed by atoms with Crippen LogP contribution in [0.1, 0.15) is 37.0 Å². The largest absolute Gasteiger partial charge is 0.286 e. The number of hydroxylamine groups is 2. The molecule has 0 radical (unpaired) electrons. The molecular weight excluding hydrogens is 361 g/mol. The van der Waals surface area contributed by atoms with Crippen LogP contribution in [0.5, 0.6) is 0 Å². The molecule has 3 rings (SSSR count). The molecule has 0 fully saturated rings. The van der Waals surface area contributed by atoms with Crippen LogP contribution in [0.15, 0.2) is 52.9 Å². The molecule has 1 aliphatic rings. The number of thioether (sulfide) groups is 1. The summed E-state index contributed by atoms with van der Waals surface area (Å²) in [7, 11) is 0. The molecular formula is C22H22FNO2S. The van der Waals surface area contributed by atoms with Gasteiger partial charge in [-0.15, -0.1) is 11.8 Å². The lowest BCUT2D eigenvalue weighted by Gasteiger charge is -2.13. The second kappa shape index (κ2) is 8.11. The van der Waals surface area contributed by atoms with Gasteiger partial charge in [0, 0.05) is 11.8 Å². The van der Waals surface area contributed by atoms with E-state index in [1.165, 1.54) is 24.0 Å². The van der Waals surface area contributed by atoms with E-state index in [2.05, 4.69) is 30.3 Å². The highest BCUT2D eigenvalue weighted by atomic mass is 32.2. The zero-order valence-corrected chi connectivity index (χ0v) is 16.4. The molecule has 2 aromatic carbocycles. The first-order chi connectivity index (χ1) is 12.9. The van der Waals surface area contributed by atoms with Gasteiger partial charge < -0.3 is 0 Å². The highest BCUT2D eigenvalue weighted by Crippen LogP contribution is 2.43. The molecule has 3 nitrogen and oxygen atoms in total. The Hall–Kier alpha value is -2.37. The second-order valence-corrected chi connectivity index (χ2v) is 7.40. The van der Waals surface area contributed by atoms with E-state index in [0.717, 1.165) is 33.4 Å². The fourth-order valence-corrected chi connectivity index (χ4v) is 3.73. The highest BCUT2D eigenvalue weighted by Gasteiger charge is 2.24. The van der Waals surface area contributed by atoms with Gasteiger partial charge in [-0.1, -0.05) is 18.2 Å². The van der Waals surface area contributed by atoms with Gasteiger partial charge in [0.25, 0.3) is 0 Å². The van der Waals surface area contributed by atoms with Crippen molar-refractivity contribution in [3.63, 3.8) is 0 Å². The lowest BCUT2D eigenvalue weighted by molar-refractivity contribution is -0.162. The number of amides is 1. The van der Waals surface area contributed by atoms with Crippen LogP contribution >= 0.6 is 11.8 Å². The number of fused-ring (bicyclic) bond motifs is 1. The number of hydrogen-bond acceptors (Lipinski definition) is 3. The van der Waals surface area contributed by atoms with Gasteiger partial charge in [-0.25, -0.2) is 9.45 Å². The number of benzene rings is 2. The molecule has 27 heavy (non-hydrogen) atoms. The summed E-state index contributed by atoms with van der Waals surface area (Å²) < 4.78 is 13.9. The van der Waals surface area contributed by atoms with Gasteiger partial charge in [0.1, 0.15) is 5.82 Å². The number of allylic oxidation sites excluding steroid dienone is 2. The van der Waals surface area contributed by atoms with E-state index >= 15 is 0 Å². The van der Waals surface area contributed by atoms with Gasteiger partial charge in [0.05, 0.1) is 6.54 Å². The molecule has 0 spiro atoms. The molecule has 0 aromatic heterocycles. The Morgan fingerprint density at radius 2 is 1.89 bits per heavy atom. The lowest BCUT2D eigenvalue weighted by atomic mass is 10.0. The Balaban J connectivity index is 2.00. The number of carbonyl (C=O) groups excluding carboxylic acids is 1. The average Bonchev–Trinajstić information content (AvgIpc) is 2.91. The summed E-state index contributed by atoms with van der Waals surface area (Å²) in [4.78, 5) is 12.5. The lowest BCUT2D eigenvalue weighted by Crippen LogP contribution is -2.25. The number of rotatable bonds is 5. The smallest absolute Gasteiger partial charge is 0.242 e. The highest BCUT2D eigenvalue weighted by molar-refractivity contribution is 7.98. The summed E-state index contributed by atoms with van der Waals surface area (Å²) in [5.41, 5.74) is 5.93. The van der Waals surface area contributed by atoms with Gasteiger partial charge in [-0.2, -0.15) is 0 Å². The van der Waals surface area contributed by atoms with E-state index in [0.29, 0.717) is 11.5 Å². The summed E-state index contributed by atoms with van der Waals surface area (Å²) in [6.45, 7) is 3.49. The minimum absolute atomic E-state index is 0.174. The molecule has 0 atom stereocenters. The first kappa shape index (κ1) is 19.4. The summed E-state index contributed by atoms with van der Waals surface area (Å²) in [6, 6.07) is 13.1. The molecule has 5 heteroatoms. The van der Waals surface area contributed by atoms with Crippen molar-refractivity contribution in [2.75, 3.05) is 12.8 Å². The van der Waals surface area contributed by atoms with Crippen molar-refractivity contribution < 1.29 is 14.4 Å². The molecule has 0 heterocycles. The summed E-state index contributed by atoms with van der Waals surface area (Å²) in [5, 5.41) is 10.4. The minimum Gasteiger partial charge on any atom is -0.286 e. The third-order valence-electron chi connectivity index (χ3n) is 4.82. The van der Waals surface area contributed by atoms with Crippen LogP contribution in [0.4, 0.5) is 4.39 Å². The molecule has 1 N–H and O–H groups in total. The first-order valence-corrected chi connectivity index (χ1v) is 9.96. The molecule has 1 amide bonds.